The molecule has 2 fully saturated rings. The van der Waals surface area contributed by atoms with Crippen molar-refractivity contribution in [2.24, 2.45) is 17.8 Å². The van der Waals surface area contributed by atoms with Crippen LogP contribution < -0.4 is 0 Å². The van der Waals surface area contributed by atoms with Gasteiger partial charge in [-0.05, 0) is 50.4 Å². The lowest BCUT2D eigenvalue weighted by molar-refractivity contribution is -0.177. The minimum atomic E-state index is -0.0388. The molecule has 2 nitrogen and oxygen atoms in total. The van der Waals surface area contributed by atoms with E-state index in [2.05, 4.69) is 6.92 Å². The zero-order valence-corrected chi connectivity index (χ0v) is 10.9. The highest BCUT2D eigenvalue weighted by Crippen LogP contribution is 2.43. The Morgan fingerprint density at radius 1 is 1.12 bits per heavy atom. The molecule has 0 aromatic rings. The van der Waals surface area contributed by atoms with E-state index in [0.717, 1.165) is 17.8 Å². The maximum absolute atomic E-state index is 6.02. The van der Waals surface area contributed by atoms with E-state index in [1.54, 1.807) is 7.11 Å². The van der Waals surface area contributed by atoms with Gasteiger partial charge in [0.1, 0.15) is 0 Å². The van der Waals surface area contributed by atoms with Gasteiger partial charge in [0.2, 0.25) is 0 Å². The van der Waals surface area contributed by atoms with E-state index < -0.39 is 0 Å². The molecule has 0 spiro atoms. The minimum absolute atomic E-state index is 0.0388. The number of hydrogen-bond acceptors (Lipinski definition) is 2. The lowest BCUT2D eigenvalue weighted by Gasteiger charge is -2.43. The predicted octanol–water partition coefficient (Wildman–Crippen LogP) is 3.60. The second kappa shape index (κ2) is 5.50. The Balaban J connectivity index is 1.93. The monoisotopic (exact) mass is 226 g/mol. The Bertz CT molecular complexity index is 217. The van der Waals surface area contributed by atoms with E-state index in [4.69, 9.17) is 9.47 Å². The van der Waals surface area contributed by atoms with Gasteiger partial charge in [-0.3, -0.25) is 0 Å². The normalized spacial score (nSPS) is 41.4. The van der Waals surface area contributed by atoms with Crippen LogP contribution in [-0.2, 0) is 9.47 Å². The molecule has 2 rings (SSSR count). The minimum Gasteiger partial charge on any atom is -0.356 e. The average molecular weight is 226 g/mol. The first-order chi connectivity index (χ1) is 7.70. The van der Waals surface area contributed by atoms with Crippen LogP contribution >= 0.6 is 0 Å². The van der Waals surface area contributed by atoms with Crippen molar-refractivity contribution in [2.45, 2.75) is 64.8 Å². The summed E-state index contributed by atoms with van der Waals surface area (Å²) in [4.78, 5) is 0. The highest BCUT2D eigenvalue weighted by atomic mass is 16.7. The fourth-order valence-electron chi connectivity index (χ4n) is 3.61. The summed E-state index contributed by atoms with van der Waals surface area (Å²) in [5, 5.41) is 0. The molecule has 0 saturated heterocycles. The Hall–Kier alpha value is -0.0800. The van der Waals surface area contributed by atoms with Crippen LogP contribution in [0.2, 0.25) is 0 Å². The zero-order chi connectivity index (χ0) is 11.5. The number of hydrogen-bond donors (Lipinski definition) is 0. The third kappa shape index (κ3) is 2.78. The summed E-state index contributed by atoms with van der Waals surface area (Å²) in [6.45, 7) is 4.41. The van der Waals surface area contributed by atoms with Crippen LogP contribution in [0.1, 0.15) is 52.4 Å². The SMILES string of the molecule is COC(C)OC1CCCC2CC(C)CCC21. The van der Waals surface area contributed by atoms with Crippen molar-refractivity contribution in [3.05, 3.63) is 0 Å². The Kier molecular flexibility index (Phi) is 4.26. The van der Waals surface area contributed by atoms with Gasteiger partial charge in [0.05, 0.1) is 6.10 Å². The topological polar surface area (TPSA) is 18.5 Å². The van der Waals surface area contributed by atoms with Gasteiger partial charge in [0, 0.05) is 7.11 Å². The molecule has 0 bridgehead atoms. The van der Waals surface area contributed by atoms with Gasteiger partial charge >= 0.3 is 0 Å². The van der Waals surface area contributed by atoms with Crippen molar-refractivity contribution in [1.82, 2.24) is 0 Å². The summed E-state index contributed by atoms with van der Waals surface area (Å²) in [6.07, 6.45) is 8.61. The van der Waals surface area contributed by atoms with Crippen molar-refractivity contribution in [3.8, 4) is 0 Å². The maximum atomic E-state index is 6.02. The standard InChI is InChI=1S/C14H26O2/c1-10-7-8-13-12(9-10)5-4-6-14(13)16-11(2)15-3/h10-14H,4-9H2,1-3H3. The van der Waals surface area contributed by atoms with Crippen molar-refractivity contribution in [1.29, 1.82) is 0 Å². The molecule has 2 aliphatic rings. The smallest absolute Gasteiger partial charge is 0.154 e. The predicted molar refractivity (Wildman–Crippen MR) is 65.2 cm³/mol. The highest BCUT2D eigenvalue weighted by molar-refractivity contribution is 4.87. The molecular formula is C14H26O2. The highest BCUT2D eigenvalue weighted by Gasteiger charge is 2.37. The van der Waals surface area contributed by atoms with Crippen LogP contribution in [0.25, 0.3) is 0 Å². The molecule has 0 N–H and O–H groups in total. The molecule has 5 atom stereocenters. The Morgan fingerprint density at radius 2 is 1.94 bits per heavy atom. The summed E-state index contributed by atoms with van der Waals surface area (Å²) in [5.41, 5.74) is 0. The van der Waals surface area contributed by atoms with Gasteiger partial charge in [-0.15, -0.1) is 0 Å². The average Bonchev–Trinajstić information content (AvgIpc) is 2.28. The summed E-state index contributed by atoms with van der Waals surface area (Å²) >= 11 is 0. The molecule has 0 radical (unpaired) electrons. The van der Waals surface area contributed by atoms with Gasteiger partial charge in [0.15, 0.2) is 6.29 Å². The van der Waals surface area contributed by atoms with E-state index >= 15 is 0 Å². The first kappa shape index (κ1) is 12.4. The molecule has 2 aliphatic carbocycles. The summed E-state index contributed by atoms with van der Waals surface area (Å²) in [6, 6.07) is 0. The Morgan fingerprint density at radius 3 is 2.69 bits per heavy atom. The van der Waals surface area contributed by atoms with E-state index in [0.29, 0.717) is 6.10 Å². The number of methoxy groups -OCH3 is 1. The van der Waals surface area contributed by atoms with Crippen LogP contribution in [0.15, 0.2) is 0 Å². The number of rotatable bonds is 3. The number of ether oxygens (including phenoxy) is 2. The van der Waals surface area contributed by atoms with Crippen LogP contribution in [-0.4, -0.2) is 19.5 Å². The van der Waals surface area contributed by atoms with Crippen LogP contribution in [0.5, 0.6) is 0 Å². The first-order valence-electron chi connectivity index (χ1n) is 6.89. The van der Waals surface area contributed by atoms with E-state index in [1.165, 1.54) is 38.5 Å². The Labute approximate surface area is 99.7 Å². The van der Waals surface area contributed by atoms with E-state index in [-0.39, 0.29) is 6.29 Å². The molecular weight excluding hydrogens is 200 g/mol. The van der Waals surface area contributed by atoms with Crippen molar-refractivity contribution < 1.29 is 9.47 Å². The molecule has 0 aliphatic heterocycles. The fourth-order valence-corrected chi connectivity index (χ4v) is 3.61. The lowest BCUT2D eigenvalue weighted by atomic mass is 9.66. The van der Waals surface area contributed by atoms with Gasteiger partial charge in [-0.2, -0.15) is 0 Å². The molecule has 16 heavy (non-hydrogen) atoms. The van der Waals surface area contributed by atoms with Crippen molar-refractivity contribution >= 4 is 0 Å². The van der Waals surface area contributed by atoms with Crippen molar-refractivity contribution in [2.75, 3.05) is 7.11 Å². The van der Waals surface area contributed by atoms with Crippen LogP contribution in [0.4, 0.5) is 0 Å². The lowest BCUT2D eigenvalue weighted by Crippen LogP contribution is -2.39. The van der Waals surface area contributed by atoms with Crippen LogP contribution in [0.3, 0.4) is 0 Å². The van der Waals surface area contributed by atoms with Crippen molar-refractivity contribution in [3.63, 3.8) is 0 Å². The van der Waals surface area contributed by atoms with E-state index in [1.807, 2.05) is 6.92 Å². The molecule has 0 heterocycles. The van der Waals surface area contributed by atoms with Gasteiger partial charge < -0.3 is 9.47 Å². The second-order valence-electron chi connectivity index (χ2n) is 5.75. The van der Waals surface area contributed by atoms with Crippen LogP contribution in [0, 0.1) is 17.8 Å². The molecule has 94 valence electrons. The maximum Gasteiger partial charge on any atom is 0.154 e. The second-order valence-corrected chi connectivity index (χ2v) is 5.75. The molecule has 5 unspecified atom stereocenters. The summed E-state index contributed by atoms with van der Waals surface area (Å²) in [5.74, 6) is 2.66. The fraction of sp³-hybridized carbons (Fsp3) is 1.00. The van der Waals surface area contributed by atoms with Gasteiger partial charge in [0.25, 0.3) is 0 Å². The molecule has 2 saturated carbocycles. The summed E-state index contributed by atoms with van der Waals surface area (Å²) in [7, 11) is 1.73. The number of fused-ring (bicyclic) bond motifs is 1. The summed E-state index contributed by atoms with van der Waals surface area (Å²) < 4.78 is 11.3. The first-order valence-corrected chi connectivity index (χ1v) is 6.89. The molecule has 2 heteroatoms. The third-order valence-corrected chi connectivity index (χ3v) is 4.54. The zero-order valence-electron chi connectivity index (χ0n) is 10.9. The molecule has 0 amide bonds. The molecule has 0 aromatic carbocycles. The van der Waals surface area contributed by atoms with Gasteiger partial charge in [-0.25, -0.2) is 0 Å². The molecule has 0 aromatic heterocycles. The third-order valence-electron chi connectivity index (χ3n) is 4.54. The van der Waals surface area contributed by atoms with Gasteiger partial charge in [-0.1, -0.05) is 19.8 Å². The largest absolute Gasteiger partial charge is 0.356 e. The van der Waals surface area contributed by atoms with E-state index in [9.17, 15) is 0 Å². The quantitative estimate of drug-likeness (QED) is 0.685.